The number of amides is 15. The summed E-state index contributed by atoms with van der Waals surface area (Å²) in [6, 6.07) is -22.2. The van der Waals surface area contributed by atoms with Gasteiger partial charge >= 0.3 is 23.9 Å². The van der Waals surface area contributed by atoms with Crippen LogP contribution < -0.4 is 92.9 Å². The maximum absolute atomic E-state index is 14.5. The third-order valence-electron chi connectivity index (χ3n) is 17.4. The fraction of sp³-hybridized carbons (Fsp3) is 0.688. The SMILES string of the molecule is CC(C)[C@H](NC(=O)[C@H](CCC(=O)O)NC(=O)[C@H](CO)NC(=O)[C@@H]1CCCN1C(=O)[C@H](CCC(N)=O)NC(=O)[C@H](CCC(=O)O)NC(=O)[C@H](CCC(=O)O)NC(=O)[C@@H](NC(=O)[C@@H](N)CCCCN)[C@@H](C)O)C(=O)N[C@@H](CC(N)=O)C(=O)N[C@H](C(=O)NCC(=O)N1CCC[C@H]1C(=O)N[C@@H](CCCN=C(N)N)C(=O)O)[C@@H](C)O. The second kappa shape index (κ2) is 47.7. The summed E-state index contributed by atoms with van der Waals surface area (Å²) in [5.41, 5.74) is 32.9. The second-order valence-electron chi connectivity index (χ2n) is 26.6. The summed E-state index contributed by atoms with van der Waals surface area (Å²) in [6.45, 7) is 2.95. The van der Waals surface area contributed by atoms with E-state index in [4.69, 9.17) is 34.4 Å². The highest BCUT2D eigenvalue weighted by atomic mass is 16.4. The van der Waals surface area contributed by atoms with Gasteiger partial charge in [-0.15, -0.1) is 0 Å². The number of aliphatic carboxylic acids is 4. The molecule has 15 atom stereocenters. The van der Waals surface area contributed by atoms with E-state index in [-0.39, 0.29) is 64.1 Å². The maximum Gasteiger partial charge on any atom is 0.326 e. The van der Waals surface area contributed by atoms with Crippen LogP contribution in [-0.2, 0) is 91.1 Å². The molecule has 618 valence electrons. The molecule has 0 bridgehead atoms. The molecule has 0 spiro atoms. The molecule has 2 rings (SSSR count). The quantitative estimate of drug-likeness (QED) is 0.0153. The maximum atomic E-state index is 14.5. The Morgan fingerprint density at radius 3 is 1.33 bits per heavy atom. The van der Waals surface area contributed by atoms with Crippen LogP contribution in [0.4, 0.5) is 0 Å². The topological polar surface area (TPSA) is 773 Å². The zero-order valence-corrected chi connectivity index (χ0v) is 61.4. The summed E-state index contributed by atoms with van der Waals surface area (Å²) >= 11 is 0. The number of aliphatic imine (C=N–C) groups is 1. The van der Waals surface area contributed by atoms with Crippen molar-refractivity contribution < 1.29 is 127 Å². The van der Waals surface area contributed by atoms with Crippen molar-refractivity contribution in [3.8, 4) is 0 Å². The normalized spacial score (nSPS) is 17.4. The Morgan fingerprint density at radius 1 is 0.445 bits per heavy atom. The number of hydrogen-bond donors (Lipinski definition) is 24. The van der Waals surface area contributed by atoms with Gasteiger partial charge in [-0.3, -0.25) is 91.3 Å². The number of carbonyl (C=O) groups excluding carboxylic acids is 15. The Kier molecular flexibility index (Phi) is 41.3. The number of nitrogens with one attached hydrogen (secondary N) is 11. The first kappa shape index (κ1) is 95.1. The van der Waals surface area contributed by atoms with Gasteiger partial charge in [-0.1, -0.05) is 20.3 Å². The Labute approximate surface area is 630 Å². The van der Waals surface area contributed by atoms with Crippen molar-refractivity contribution in [3.63, 3.8) is 0 Å². The summed E-state index contributed by atoms with van der Waals surface area (Å²) < 4.78 is 0. The fourth-order valence-electron chi connectivity index (χ4n) is 11.4. The third-order valence-corrected chi connectivity index (χ3v) is 17.4. The number of nitrogens with two attached hydrogens (primary N) is 6. The highest BCUT2D eigenvalue weighted by molar-refractivity contribution is 6.01. The smallest absolute Gasteiger partial charge is 0.326 e. The Balaban J connectivity index is 2.36. The van der Waals surface area contributed by atoms with Gasteiger partial charge in [-0.05, 0) is 103 Å². The van der Waals surface area contributed by atoms with Gasteiger partial charge in [-0.2, -0.15) is 0 Å². The van der Waals surface area contributed by atoms with E-state index in [1.807, 2.05) is 0 Å². The zero-order chi connectivity index (χ0) is 83.4. The standard InChI is InChI=1S/C64H106N20O26/c1-29(2)48(60(106)78-38(26-43(68)89)55(101)82-49(30(3)86)59(105)72-27-44(90)83-24-8-12-40(83)57(103)77-37(63(109)110)11-7-23-71-64(69)70)80-54(100)35(17-21-47(95)96)74-56(102)39(28-85)79-58(104)41-13-9-25-84(41)62(108)36(14-18-42(67)88)76-53(99)33(15-19-45(91)92)73-52(98)34(16-20-46(93)94)75-61(107)50(31(4)87)81-51(97)32(66)10-5-6-22-65/h29-41,48-50,85-87H,5-28,65-66H2,1-4H3,(H2,67,88)(H2,68,89)(H,72,105)(H,73,98)(H,74,102)(H,75,107)(H,76,99)(H,77,103)(H,78,106)(H,79,104)(H,80,100)(H,81,97)(H,82,101)(H,91,92)(H,93,94)(H,95,96)(H,109,110)(H4,69,70,71)/t30-,31-,32+,33+,34+,35+,36+,37+,38+,39+,40+,41+,48+,49+,50+/m1/s1. The van der Waals surface area contributed by atoms with Crippen molar-refractivity contribution >= 4 is 118 Å². The first-order chi connectivity index (χ1) is 51.5. The monoisotopic (exact) mass is 1570 g/mol. The van der Waals surface area contributed by atoms with Gasteiger partial charge in [0.1, 0.15) is 72.5 Å². The molecular formula is C64H106N20O26. The van der Waals surface area contributed by atoms with E-state index in [1.54, 1.807) is 0 Å². The minimum atomic E-state index is -2.01. The predicted molar refractivity (Wildman–Crippen MR) is 378 cm³/mol. The van der Waals surface area contributed by atoms with E-state index in [2.05, 4.69) is 63.5 Å². The van der Waals surface area contributed by atoms with Crippen LogP contribution in [0.25, 0.3) is 0 Å². The molecule has 0 aromatic heterocycles. The average molecular weight is 1570 g/mol. The molecule has 2 heterocycles. The lowest BCUT2D eigenvalue weighted by Crippen LogP contribution is -2.62. The fourth-order valence-corrected chi connectivity index (χ4v) is 11.4. The van der Waals surface area contributed by atoms with Crippen LogP contribution in [0.5, 0.6) is 0 Å². The second-order valence-corrected chi connectivity index (χ2v) is 26.6. The van der Waals surface area contributed by atoms with Gasteiger partial charge in [-0.25, -0.2) is 4.79 Å². The van der Waals surface area contributed by atoms with Crippen LogP contribution in [0.15, 0.2) is 4.99 Å². The number of carboxylic acid groups (broad SMARTS) is 4. The van der Waals surface area contributed by atoms with Crippen molar-refractivity contribution in [2.45, 2.75) is 234 Å². The molecule has 0 radical (unpaired) electrons. The zero-order valence-electron chi connectivity index (χ0n) is 61.4. The first-order valence-corrected chi connectivity index (χ1v) is 35.4. The molecule has 110 heavy (non-hydrogen) atoms. The number of aliphatic hydroxyl groups excluding tert-OH is 3. The van der Waals surface area contributed by atoms with Crippen molar-refractivity contribution in [3.05, 3.63) is 0 Å². The van der Waals surface area contributed by atoms with Gasteiger partial charge in [0.15, 0.2) is 5.96 Å². The number of aliphatic hydroxyl groups is 3. The Hall–Kier alpha value is -11.0. The lowest BCUT2D eigenvalue weighted by Gasteiger charge is -2.31. The lowest BCUT2D eigenvalue weighted by atomic mass is 10.0. The summed E-state index contributed by atoms with van der Waals surface area (Å²) in [6.07, 6.45) is -8.82. The first-order valence-electron chi connectivity index (χ1n) is 35.4. The van der Waals surface area contributed by atoms with Crippen LogP contribution in [0.2, 0.25) is 0 Å². The third kappa shape index (κ3) is 33.2. The summed E-state index contributed by atoms with van der Waals surface area (Å²) in [7, 11) is 0. The van der Waals surface area contributed by atoms with Crippen LogP contribution >= 0.6 is 0 Å². The molecule has 0 aromatic rings. The molecule has 46 nitrogen and oxygen atoms in total. The van der Waals surface area contributed by atoms with Crippen LogP contribution in [-0.4, -0.2) is 294 Å². The van der Waals surface area contributed by atoms with E-state index in [1.165, 1.54) is 13.8 Å². The number of unbranched alkanes of at least 4 members (excludes halogenated alkanes) is 1. The van der Waals surface area contributed by atoms with Crippen LogP contribution in [0.1, 0.15) is 143 Å². The lowest BCUT2D eigenvalue weighted by molar-refractivity contribution is -0.144. The molecule has 46 heteroatoms. The molecule has 0 unspecified atom stereocenters. The van der Waals surface area contributed by atoms with E-state index < -0.39 is 280 Å². The molecule has 15 amide bonds. The molecule has 0 aromatic carbocycles. The average Bonchev–Trinajstić information content (AvgIpc) is 1.62. The minimum absolute atomic E-state index is 0.0124. The van der Waals surface area contributed by atoms with Crippen molar-refractivity contribution in [1.29, 1.82) is 0 Å². The molecule has 2 aliphatic rings. The van der Waals surface area contributed by atoms with Gasteiger partial charge in [0.05, 0.1) is 37.8 Å². The van der Waals surface area contributed by atoms with Crippen LogP contribution in [0, 0.1) is 5.92 Å². The Bertz CT molecular complexity index is 3320. The van der Waals surface area contributed by atoms with Gasteiger partial charge < -0.3 is 138 Å². The van der Waals surface area contributed by atoms with Crippen molar-refractivity contribution in [2.75, 3.05) is 39.3 Å². The van der Waals surface area contributed by atoms with E-state index in [9.17, 15) is 127 Å². The summed E-state index contributed by atoms with van der Waals surface area (Å²) in [5, 5.41) is 94.7. The summed E-state index contributed by atoms with van der Waals surface area (Å²) in [5.74, 6) is -24.3. The van der Waals surface area contributed by atoms with Gasteiger partial charge in [0.2, 0.25) is 88.6 Å². The van der Waals surface area contributed by atoms with E-state index >= 15 is 0 Å². The van der Waals surface area contributed by atoms with Gasteiger partial charge in [0, 0.05) is 45.3 Å². The van der Waals surface area contributed by atoms with Gasteiger partial charge in [0.25, 0.3) is 0 Å². The Morgan fingerprint density at radius 2 is 0.864 bits per heavy atom. The number of rotatable bonds is 51. The number of carboxylic acids is 4. The molecule has 2 aliphatic heterocycles. The highest BCUT2D eigenvalue weighted by Crippen LogP contribution is 2.22. The number of primary amides is 2. The minimum Gasteiger partial charge on any atom is -0.481 e. The summed E-state index contributed by atoms with van der Waals surface area (Å²) in [4.78, 5) is 257. The molecule has 2 saturated heterocycles. The number of nitrogens with zero attached hydrogens (tertiary/aromatic N) is 3. The largest absolute Gasteiger partial charge is 0.481 e. The van der Waals surface area contributed by atoms with Crippen molar-refractivity contribution in [1.82, 2.24) is 68.3 Å². The molecule has 0 saturated carbocycles. The molecular weight excluding hydrogens is 1460 g/mol. The molecule has 2 fully saturated rings. The highest BCUT2D eigenvalue weighted by Gasteiger charge is 2.43. The molecule has 0 aliphatic carbocycles. The number of guanidine groups is 1. The number of likely N-dealkylation sites (tertiary alicyclic amines) is 2. The van der Waals surface area contributed by atoms with Crippen molar-refractivity contribution in [2.24, 2.45) is 45.3 Å². The van der Waals surface area contributed by atoms with Crippen LogP contribution in [0.3, 0.4) is 0 Å². The van der Waals surface area contributed by atoms with E-state index in [0.717, 1.165) is 23.6 Å². The molecule has 30 N–H and O–H groups in total. The number of carbonyl (C=O) groups is 19. The number of hydrogen-bond acceptors (Lipinski definition) is 25. The van der Waals surface area contributed by atoms with E-state index in [0.29, 0.717) is 25.8 Å². The predicted octanol–water partition coefficient (Wildman–Crippen LogP) is -11.3.